The fourth-order valence-corrected chi connectivity index (χ4v) is 3.22. The lowest BCUT2D eigenvalue weighted by atomic mass is 10.1. The van der Waals surface area contributed by atoms with Crippen molar-refractivity contribution in [3.05, 3.63) is 22.7 Å². The van der Waals surface area contributed by atoms with E-state index in [9.17, 15) is 4.79 Å². The molecular weight excluding hydrogens is 288 g/mol. The highest BCUT2D eigenvalue weighted by atomic mass is 35.5. The zero-order valence-corrected chi connectivity index (χ0v) is 13.4. The minimum Gasteiger partial charge on any atom is -0.462 e. The number of esters is 1. The molecule has 0 spiro atoms. The Morgan fingerprint density at radius 1 is 1.43 bits per heavy atom. The number of nitrogen functional groups attached to an aromatic ring is 1. The first-order valence-electron chi connectivity index (χ1n) is 7.57. The lowest BCUT2D eigenvalue weighted by Crippen LogP contribution is -2.34. The first-order valence-corrected chi connectivity index (χ1v) is 7.95. The summed E-state index contributed by atoms with van der Waals surface area (Å²) in [5.41, 5.74) is 7.56. The van der Waals surface area contributed by atoms with Crippen LogP contribution in [0.3, 0.4) is 0 Å². The van der Waals surface area contributed by atoms with Crippen LogP contribution in [0, 0.1) is 0 Å². The Morgan fingerprint density at radius 2 is 2.19 bits per heavy atom. The molecule has 21 heavy (non-hydrogen) atoms. The largest absolute Gasteiger partial charge is 0.462 e. The topological polar surface area (TPSA) is 55.6 Å². The summed E-state index contributed by atoms with van der Waals surface area (Å²) < 4.78 is 5.16. The first kappa shape index (κ1) is 16.0. The van der Waals surface area contributed by atoms with Gasteiger partial charge in [0.2, 0.25) is 0 Å². The number of carbonyl (C=O) groups is 1. The predicted octanol–water partition coefficient (Wildman–Crippen LogP) is 3.87. The number of nitrogens with two attached hydrogens (primary N) is 1. The third kappa shape index (κ3) is 3.62. The second-order valence-electron chi connectivity index (χ2n) is 5.51. The van der Waals surface area contributed by atoms with Crippen LogP contribution < -0.4 is 10.6 Å². The van der Waals surface area contributed by atoms with Crippen molar-refractivity contribution in [1.82, 2.24) is 0 Å². The van der Waals surface area contributed by atoms with Gasteiger partial charge in [-0.2, -0.15) is 0 Å². The number of hydrogen-bond acceptors (Lipinski definition) is 4. The summed E-state index contributed by atoms with van der Waals surface area (Å²) in [6, 6.07) is 3.72. The van der Waals surface area contributed by atoms with Gasteiger partial charge in [-0.1, -0.05) is 24.4 Å². The Labute approximate surface area is 131 Å². The van der Waals surface area contributed by atoms with E-state index >= 15 is 0 Å². The van der Waals surface area contributed by atoms with Crippen molar-refractivity contribution in [1.29, 1.82) is 0 Å². The van der Waals surface area contributed by atoms with E-state index in [-0.39, 0.29) is 5.97 Å². The smallest absolute Gasteiger partial charge is 0.340 e. The average Bonchev–Trinajstić information content (AvgIpc) is 2.63. The van der Waals surface area contributed by atoms with Gasteiger partial charge < -0.3 is 15.4 Å². The maximum absolute atomic E-state index is 12.2. The van der Waals surface area contributed by atoms with E-state index in [1.807, 2.05) is 0 Å². The third-order valence-electron chi connectivity index (χ3n) is 3.92. The fraction of sp³-hybridized carbons (Fsp3) is 0.562. The molecule has 0 radical (unpaired) electrons. The van der Waals surface area contributed by atoms with E-state index in [2.05, 4.69) is 11.8 Å². The predicted molar refractivity (Wildman–Crippen MR) is 87.1 cm³/mol. The molecule has 0 aromatic heterocycles. The molecule has 2 N–H and O–H groups in total. The number of carbonyl (C=O) groups excluding carboxylic acids is 1. The molecule has 0 saturated carbocycles. The minimum atomic E-state index is -0.363. The van der Waals surface area contributed by atoms with Crippen molar-refractivity contribution in [2.45, 2.75) is 45.6 Å². The summed E-state index contributed by atoms with van der Waals surface area (Å²) in [4.78, 5) is 14.5. The van der Waals surface area contributed by atoms with Crippen LogP contribution in [0.4, 0.5) is 11.4 Å². The zero-order valence-electron chi connectivity index (χ0n) is 12.7. The monoisotopic (exact) mass is 310 g/mol. The van der Waals surface area contributed by atoms with Crippen molar-refractivity contribution in [3.63, 3.8) is 0 Å². The lowest BCUT2D eigenvalue weighted by molar-refractivity contribution is 0.0527. The van der Waals surface area contributed by atoms with Gasteiger partial charge in [-0.05, 0) is 38.8 Å². The Kier molecular flexibility index (Phi) is 5.34. The second-order valence-corrected chi connectivity index (χ2v) is 5.92. The molecule has 4 nitrogen and oxygen atoms in total. The zero-order chi connectivity index (χ0) is 15.4. The van der Waals surface area contributed by atoms with Gasteiger partial charge in [-0.25, -0.2) is 4.79 Å². The fourth-order valence-electron chi connectivity index (χ4n) is 2.88. The van der Waals surface area contributed by atoms with E-state index in [1.165, 1.54) is 12.8 Å². The summed E-state index contributed by atoms with van der Waals surface area (Å²) in [5.74, 6) is -0.363. The number of ether oxygens (including phenoxy) is 1. The van der Waals surface area contributed by atoms with Gasteiger partial charge in [0.25, 0.3) is 0 Å². The normalized spacial score (nSPS) is 19.2. The molecular formula is C16H23ClN2O2. The van der Waals surface area contributed by atoms with Crippen LogP contribution in [0.25, 0.3) is 0 Å². The van der Waals surface area contributed by atoms with Crippen LogP contribution in [0.1, 0.15) is 49.9 Å². The molecule has 5 heteroatoms. The molecule has 1 fully saturated rings. The van der Waals surface area contributed by atoms with E-state index < -0.39 is 0 Å². The highest BCUT2D eigenvalue weighted by Gasteiger charge is 2.25. The number of benzene rings is 1. The molecule has 2 rings (SSSR count). The van der Waals surface area contributed by atoms with Crippen molar-refractivity contribution in [3.8, 4) is 0 Å². The molecule has 1 aromatic rings. The summed E-state index contributed by atoms with van der Waals surface area (Å²) >= 11 is 6.40. The van der Waals surface area contributed by atoms with Gasteiger partial charge in [0, 0.05) is 18.3 Å². The molecule has 1 unspecified atom stereocenters. The molecule has 1 aliphatic heterocycles. The van der Waals surface area contributed by atoms with Crippen molar-refractivity contribution < 1.29 is 9.53 Å². The lowest BCUT2D eigenvalue weighted by Gasteiger charge is -2.32. The number of anilines is 2. The quantitative estimate of drug-likeness (QED) is 0.680. The highest BCUT2D eigenvalue weighted by Crippen LogP contribution is 2.36. The van der Waals surface area contributed by atoms with Gasteiger partial charge in [0.15, 0.2) is 0 Å². The maximum Gasteiger partial charge on any atom is 0.340 e. The van der Waals surface area contributed by atoms with Crippen LogP contribution in [0.15, 0.2) is 12.1 Å². The van der Waals surface area contributed by atoms with Crippen LogP contribution in [0.5, 0.6) is 0 Å². The molecule has 1 heterocycles. The highest BCUT2D eigenvalue weighted by molar-refractivity contribution is 6.34. The van der Waals surface area contributed by atoms with Crippen LogP contribution in [-0.2, 0) is 4.74 Å². The van der Waals surface area contributed by atoms with E-state index in [4.69, 9.17) is 22.1 Å². The second kappa shape index (κ2) is 7.03. The summed E-state index contributed by atoms with van der Waals surface area (Å²) in [6.45, 7) is 5.20. The molecule has 0 aliphatic carbocycles. The van der Waals surface area contributed by atoms with Gasteiger partial charge in [0.05, 0.1) is 22.9 Å². The molecule has 1 aliphatic rings. The van der Waals surface area contributed by atoms with Crippen LogP contribution in [0.2, 0.25) is 5.02 Å². The number of rotatable bonds is 3. The molecule has 116 valence electrons. The summed E-state index contributed by atoms with van der Waals surface area (Å²) in [7, 11) is 0. The third-order valence-corrected chi connectivity index (χ3v) is 4.21. The summed E-state index contributed by atoms with van der Waals surface area (Å²) in [6.07, 6.45) is 4.62. The maximum atomic E-state index is 12.2. The van der Waals surface area contributed by atoms with Crippen molar-refractivity contribution in [2.24, 2.45) is 0 Å². The first-order chi connectivity index (χ1) is 10.0. The van der Waals surface area contributed by atoms with E-state index in [0.717, 1.165) is 25.1 Å². The Morgan fingerprint density at radius 3 is 2.90 bits per heavy atom. The van der Waals surface area contributed by atoms with Gasteiger partial charge in [0.1, 0.15) is 0 Å². The number of hydrogen-bond donors (Lipinski definition) is 1. The van der Waals surface area contributed by atoms with Crippen LogP contribution in [-0.4, -0.2) is 25.2 Å². The number of halogens is 1. The average molecular weight is 311 g/mol. The van der Waals surface area contributed by atoms with Crippen molar-refractivity contribution in [2.75, 3.05) is 23.8 Å². The van der Waals surface area contributed by atoms with Gasteiger partial charge in [-0.15, -0.1) is 0 Å². The molecule has 0 amide bonds. The minimum absolute atomic E-state index is 0.334. The summed E-state index contributed by atoms with van der Waals surface area (Å²) in [5, 5.41) is 0.520. The van der Waals surface area contributed by atoms with Gasteiger partial charge >= 0.3 is 5.97 Å². The molecule has 1 saturated heterocycles. The van der Waals surface area contributed by atoms with Crippen molar-refractivity contribution >= 4 is 28.9 Å². The SMILES string of the molecule is CCOC(=O)c1cc(N)cc(Cl)c1N1CCCCCC1C. The molecule has 1 aromatic carbocycles. The van der Waals surface area contributed by atoms with E-state index in [0.29, 0.717) is 28.9 Å². The van der Waals surface area contributed by atoms with E-state index in [1.54, 1.807) is 19.1 Å². The molecule has 1 atom stereocenters. The van der Waals surface area contributed by atoms with Crippen LogP contribution >= 0.6 is 11.6 Å². The van der Waals surface area contributed by atoms with Gasteiger partial charge in [-0.3, -0.25) is 0 Å². The standard InChI is InChI=1S/C16H23ClN2O2/c1-3-21-16(20)13-9-12(18)10-14(17)15(13)19-8-6-4-5-7-11(19)2/h9-11H,3-8,18H2,1-2H3. The number of nitrogens with zero attached hydrogens (tertiary/aromatic N) is 1. The Balaban J connectivity index is 2.47. The Hall–Kier alpha value is -1.42. The molecule has 0 bridgehead atoms. The Bertz CT molecular complexity index is 519.